The summed E-state index contributed by atoms with van der Waals surface area (Å²) in [5.41, 5.74) is 1.69. The molecule has 0 radical (unpaired) electrons. The van der Waals surface area contributed by atoms with Crippen LogP contribution in [0, 0.1) is 0 Å². The lowest BCUT2D eigenvalue weighted by Crippen LogP contribution is -2.45. The second kappa shape index (κ2) is 7.89. The first-order chi connectivity index (χ1) is 14.5. The molecule has 1 fully saturated rings. The van der Waals surface area contributed by atoms with E-state index in [1.807, 2.05) is 0 Å². The SMILES string of the molecule is COc1cccc([C@@H]2NC(=O)N(C)C3=C2C(=O)N(CC(=O)N2CCCC2)C3)c1OC. The quantitative estimate of drug-likeness (QED) is 0.780. The van der Waals surface area contributed by atoms with Gasteiger partial charge in [-0.05, 0) is 18.9 Å². The van der Waals surface area contributed by atoms with Crippen molar-refractivity contribution in [2.24, 2.45) is 0 Å². The molecule has 9 heteroatoms. The van der Waals surface area contributed by atoms with Gasteiger partial charge in [0.15, 0.2) is 11.5 Å². The molecular weight excluding hydrogens is 388 g/mol. The number of hydrogen-bond acceptors (Lipinski definition) is 5. The number of amides is 4. The van der Waals surface area contributed by atoms with Crippen LogP contribution in [0.25, 0.3) is 0 Å². The Hall–Kier alpha value is -3.23. The zero-order valence-electron chi connectivity index (χ0n) is 17.4. The van der Waals surface area contributed by atoms with Gasteiger partial charge in [-0.1, -0.05) is 12.1 Å². The maximum atomic E-state index is 13.3. The van der Waals surface area contributed by atoms with Gasteiger partial charge in [0.2, 0.25) is 5.91 Å². The number of nitrogens with zero attached hydrogens (tertiary/aromatic N) is 3. The first-order valence-electron chi connectivity index (χ1n) is 10.0. The van der Waals surface area contributed by atoms with Gasteiger partial charge in [-0.2, -0.15) is 0 Å². The van der Waals surface area contributed by atoms with Gasteiger partial charge in [0.25, 0.3) is 5.91 Å². The number of rotatable bonds is 5. The largest absolute Gasteiger partial charge is 0.493 e. The van der Waals surface area contributed by atoms with Crippen LogP contribution in [0.2, 0.25) is 0 Å². The Kier molecular flexibility index (Phi) is 5.27. The van der Waals surface area contributed by atoms with E-state index in [9.17, 15) is 14.4 Å². The molecule has 30 heavy (non-hydrogen) atoms. The van der Waals surface area contributed by atoms with Gasteiger partial charge < -0.3 is 24.6 Å². The number of methoxy groups -OCH3 is 2. The molecule has 1 saturated heterocycles. The molecule has 0 aliphatic carbocycles. The number of hydrogen-bond donors (Lipinski definition) is 1. The average Bonchev–Trinajstić information content (AvgIpc) is 3.39. The topological polar surface area (TPSA) is 91.4 Å². The van der Waals surface area contributed by atoms with Crippen molar-refractivity contribution in [3.63, 3.8) is 0 Å². The summed E-state index contributed by atoms with van der Waals surface area (Å²) in [6.07, 6.45) is 1.99. The fourth-order valence-corrected chi connectivity index (χ4v) is 4.35. The van der Waals surface area contributed by atoms with E-state index in [2.05, 4.69) is 5.32 Å². The van der Waals surface area contributed by atoms with Crippen LogP contribution in [0.4, 0.5) is 4.79 Å². The molecule has 1 aromatic carbocycles. The molecule has 9 nitrogen and oxygen atoms in total. The van der Waals surface area contributed by atoms with Crippen molar-refractivity contribution >= 4 is 17.8 Å². The van der Waals surface area contributed by atoms with Crippen LogP contribution in [0.5, 0.6) is 11.5 Å². The Bertz CT molecular complexity index is 922. The van der Waals surface area contributed by atoms with Crippen LogP contribution in [-0.2, 0) is 9.59 Å². The van der Waals surface area contributed by atoms with Gasteiger partial charge in [0.1, 0.15) is 6.54 Å². The number of carbonyl (C=O) groups is 3. The predicted molar refractivity (Wildman–Crippen MR) is 108 cm³/mol. The normalized spacial score (nSPS) is 21.2. The number of urea groups is 1. The molecule has 0 aromatic heterocycles. The van der Waals surface area contributed by atoms with Crippen LogP contribution in [0.3, 0.4) is 0 Å². The fraction of sp³-hybridized carbons (Fsp3) is 0.476. The van der Waals surface area contributed by atoms with Crippen molar-refractivity contribution in [1.29, 1.82) is 0 Å². The monoisotopic (exact) mass is 414 g/mol. The minimum Gasteiger partial charge on any atom is -0.493 e. The van der Waals surface area contributed by atoms with E-state index in [4.69, 9.17) is 9.47 Å². The molecular formula is C21H26N4O5. The molecule has 4 amide bonds. The van der Waals surface area contributed by atoms with Crippen LogP contribution < -0.4 is 14.8 Å². The molecule has 160 valence electrons. The number of benzene rings is 1. The van der Waals surface area contributed by atoms with Crippen LogP contribution in [-0.4, -0.2) is 80.0 Å². The Morgan fingerprint density at radius 3 is 2.57 bits per heavy atom. The number of ether oxygens (including phenoxy) is 2. The maximum absolute atomic E-state index is 13.3. The second-order valence-electron chi connectivity index (χ2n) is 7.63. The standard InChI is InChI=1S/C21H26N4O5/c1-23-14-11-25(12-16(26)24-9-4-5-10-24)20(27)17(14)18(22-21(23)28)13-7-6-8-15(29-2)19(13)30-3/h6-8,18H,4-5,9-12H2,1-3H3,(H,22,28)/t18-/m0/s1. The van der Waals surface area contributed by atoms with E-state index < -0.39 is 6.04 Å². The summed E-state index contributed by atoms with van der Waals surface area (Å²) in [4.78, 5) is 43.3. The minimum atomic E-state index is -0.687. The number of nitrogens with one attached hydrogen (secondary N) is 1. The van der Waals surface area contributed by atoms with E-state index in [0.717, 1.165) is 25.9 Å². The smallest absolute Gasteiger partial charge is 0.322 e. The van der Waals surface area contributed by atoms with Gasteiger partial charge >= 0.3 is 6.03 Å². The van der Waals surface area contributed by atoms with E-state index in [1.165, 1.54) is 24.0 Å². The lowest BCUT2D eigenvalue weighted by molar-refractivity contribution is -0.137. The van der Waals surface area contributed by atoms with Gasteiger partial charge in [0.05, 0.1) is 38.1 Å². The molecule has 4 rings (SSSR count). The first-order valence-corrected chi connectivity index (χ1v) is 10.0. The van der Waals surface area contributed by atoms with Crippen molar-refractivity contribution in [2.45, 2.75) is 18.9 Å². The highest BCUT2D eigenvalue weighted by Gasteiger charge is 2.44. The Morgan fingerprint density at radius 1 is 1.17 bits per heavy atom. The molecule has 0 bridgehead atoms. The molecule has 1 N–H and O–H groups in total. The van der Waals surface area contributed by atoms with Crippen molar-refractivity contribution in [3.8, 4) is 11.5 Å². The number of likely N-dealkylation sites (N-methyl/N-ethyl adjacent to an activating group) is 1. The summed E-state index contributed by atoms with van der Waals surface area (Å²) >= 11 is 0. The van der Waals surface area contributed by atoms with Crippen LogP contribution >= 0.6 is 0 Å². The Balaban J connectivity index is 1.67. The molecule has 1 atom stereocenters. The Labute approximate surface area is 175 Å². The molecule has 0 saturated carbocycles. The number of likely N-dealkylation sites (tertiary alicyclic amines) is 1. The molecule has 3 aliphatic rings. The van der Waals surface area contributed by atoms with E-state index >= 15 is 0 Å². The fourth-order valence-electron chi connectivity index (χ4n) is 4.35. The van der Waals surface area contributed by atoms with Crippen molar-refractivity contribution in [3.05, 3.63) is 35.0 Å². The summed E-state index contributed by atoms with van der Waals surface area (Å²) in [6.45, 7) is 1.70. The van der Waals surface area contributed by atoms with E-state index in [0.29, 0.717) is 28.3 Å². The van der Waals surface area contributed by atoms with Gasteiger partial charge in [-0.3, -0.25) is 14.5 Å². The zero-order valence-corrected chi connectivity index (χ0v) is 17.4. The van der Waals surface area contributed by atoms with Crippen molar-refractivity contribution < 1.29 is 23.9 Å². The molecule has 1 aromatic rings. The molecule has 3 heterocycles. The van der Waals surface area contributed by atoms with E-state index in [-0.39, 0.29) is 30.9 Å². The highest BCUT2D eigenvalue weighted by atomic mass is 16.5. The molecule has 0 unspecified atom stereocenters. The number of para-hydroxylation sites is 1. The second-order valence-corrected chi connectivity index (χ2v) is 7.63. The number of carbonyl (C=O) groups excluding carboxylic acids is 3. The van der Waals surface area contributed by atoms with Crippen molar-refractivity contribution in [1.82, 2.24) is 20.0 Å². The highest BCUT2D eigenvalue weighted by Crippen LogP contribution is 2.42. The van der Waals surface area contributed by atoms with Crippen LogP contribution in [0.1, 0.15) is 24.4 Å². The lowest BCUT2D eigenvalue weighted by Gasteiger charge is -2.31. The summed E-state index contributed by atoms with van der Waals surface area (Å²) in [5, 5.41) is 2.89. The predicted octanol–water partition coefficient (Wildman–Crippen LogP) is 1.12. The lowest BCUT2D eigenvalue weighted by atomic mass is 9.94. The summed E-state index contributed by atoms with van der Waals surface area (Å²) in [6, 6.07) is 4.34. The third-order valence-electron chi connectivity index (χ3n) is 5.96. The zero-order chi connectivity index (χ0) is 21.4. The Morgan fingerprint density at radius 2 is 1.90 bits per heavy atom. The van der Waals surface area contributed by atoms with Gasteiger partial charge in [0, 0.05) is 25.7 Å². The van der Waals surface area contributed by atoms with Gasteiger partial charge in [-0.15, -0.1) is 0 Å². The summed E-state index contributed by atoms with van der Waals surface area (Å²) in [5.74, 6) is 0.662. The third-order valence-corrected chi connectivity index (χ3v) is 5.96. The average molecular weight is 414 g/mol. The molecule has 0 spiro atoms. The first kappa shape index (κ1) is 20.1. The van der Waals surface area contributed by atoms with Crippen molar-refractivity contribution in [2.75, 3.05) is 47.4 Å². The highest BCUT2D eigenvalue weighted by molar-refractivity contribution is 6.03. The maximum Gasteiger partial charge on any atom is 0.322 e. The van der Waals surface area contributed by atoms with Gasteiger partial charge in [-0.25, -0.2) is 4.79 Å². The van der Waals surface area contributed by atoms with E-state index in [1.54, 1.807) is 30.1 Å². The summed E-state index contributed by atoms with van der Waals surface area (Å²) < 4.78 is 10.9. The third kappa shape index (κ3) is 3.24. The summed E-state index contributed by atoms with van der Waals surface area (Å²) in [7, 11) is 4.68. The molecule has 3 aliphatic heterocycles. The van der Waals surface area contributed by atoms with Crippen LogP contribution in [0.15, 0.2) is 29.5 Å². The minimum absolute atomic E-state index is 0.00975.